The van der Waals surface area contributed by atoms with Crippen molar-refractivity contribution in [2.45, 2.75) is 234 Å². The van der Waals surface area contributed by atoms with Gasteiger partial charge in [0.15, 0.2) is 5.96 Å². The predicted molar refractivity (Wildman–Crippen MR) is 499 cm³/mol. The summed E-state index contributed by atoms with van der Waals surface area (Å²) in [4.78, 5) is 269. The highest BCUT2D eigenvalue weighted by atomic mass is 32.2. The molecule has 3 saturated heterocycles. The number of likely N-dealkylation sites (N-methyl/N-ethyl adjacent to an activating group) is 3. The van der Waals surface area contributed by atoms with Gasteiger partial charge in [-0.15, -0.1) is 11.8 Å². The van der Waals surface area contributed by atoms with Crippen molar-refractivity contribution in [3.05, 3.63) is 120 Å². The van der Waals surface area contributed by atoms with Crippen LogP contribution in [0.5, 0.6) is 5.75 Å². The number of aromatic hydroxyl groups is 1. The van der Waals surface area contributed by atoms with E-state index in [1.54, 1.807) is 67.1 Å². The maximum atomic E-state index is 15.6. The summed E-state index contributed by atoms with van der Waals surface area (Å²) in [5, 5.41) is 59.2. The molecule has 3 aromatic heterocycles. The zero-order chi connectivity index (χ0) is 98.1. The van der Waals surface area contributed by atoms with Gasteiger partial charge >= 0.3 is 5.97 Å². The summed E-state index contributed by atoms with van der Waals surface area (Å²) >= 11 is 0.792. The number of H-pyrrole nitrogens is 3. The molecule has 0 radical (unpaired) electrons. The van der Waals surface area contributed by atoms with Crippen molar-refractivity contribution in [3.63, 3.8) is 0 Å². The highest BCUT2D eigenvalue weighted by molar-refractivity contribution is 8.00. The molecule has 3 fully saturated rings. The van der Waals surface area contributed by atoms with Gasteiger partial charge in [0, 0.05) is 106 Å². The fourth-order valence-electron chi connectivity index (χ4n) is 16.8. The third-order valence-corrected chi connectivity index (χ3v) is 25.4. The van der Waals surface area contributed by atoms with Gasteiger partial charge in [0.05, 0.1) is 37.3 Å². The Balaban J connectivity index is 1.08. The minimum Gasteiger partial charge on any atom is -0.508 e. The molecule has 44 heteroatoms. The van der Waals surface area contributed by atoms with Gasteiger partial charge in [-0.3, -0.25) is 86.9 Å². The van der Waals surface area contributed by atoms with Crippen molar-refractivity contribution in [1.29, 1.82) is 5.41 Å². The third kappa shape index (κ3) is 30.2. The van der Waals surface area contributed by atoms with Gasteiger partial charge in [-0.05, 0) is 138 Å². The number of aromatic amines is 3. The molecule has 0 unspecified atom stereocenters. The second kappa shape index (κ2) is 51.5. The zero-order valence-electron chi connectivity index (χ0n) is 76.9. The number of aliphatic carboxylic acids is 1. The number of guanidine groups is 1. The van der Waals surface area contributed by atoms with Crippen LogP contribution in [0.3, 0.4) is 0 Å². The number of thioether (sulfide) groups is 1. The Bertz CT molecular complexity index is 5170. The van der Waals surface area contributed by atoms with E-state index < -0.39 is 216 Å². The molecule has 732 valence electrons. The Morgan fingerprint density at radius 1 is 0.533 bits per heavy atom. The summed E-state index contributed by atoms with van der Waals surface area (Å²) in [7, 11) is 4.03. The molecule has 9 rings (SSSR count). The minimum absolute atomic E-state index is 0.00535. The fraction of sp³-hybridized carbons (Fsp3) is 0.527. The summed E-state index contributed by atoms with van der Waals surface area (Å²) in [5.74, 6) is -17.0. The average molecular weight is 1890 g/mol. The quantitative estimate of drug-likeness (QED) is 0.0156. The number of para-hydroxylation sites is 2. The number of nitrogens with zero attached hydrogens (tertiary/aromatic N) is 6. The number of aryl methyl sites for hydroxylation is 1. The molecule has 0 aliphatic carbocycles. The number of phenolic OH excluding ortho intramolecular Hbond substituents is 1. The Morgan fingerprint density at radius 2 is 1.07 bits per heavy atom. The number of hydrogen-bond donors (Lipinski definition) is 20. The molecule has 13 atom stereocenters. The number of carboxylic acids is 1. The van der Waals surface area contributed by atoms with Crippen molar-refractivity contribution >= 4 is 140 Å². The number of carboxylic acid groups (broad SMARTS) is 1. The number of fused-ring (bicyclic) bond motifs is 4. The fourth-order valence-corrected chi connectivity index (χ4v) is 17.6. The number of nitrogens with one attached hydrogen (secondary N) is 15. The standard InChI is InChI=1S/C91H128N24O19S/c1-7-9-26-70-83(127)105-62(25-17-37-97-91(94)95)81(125)110-69(80(124)100-47-74(93)117)49-135-50-76(119)104-66(40-53-30-33-57(116)34-31-53)86(130)111(4)52(3)78(122)107-64(24-15-16-36-92)88(132)114-38-18-28-71(114)84(128)106-63(35-32-56-46-96-51-102-56)82(126)109-68(43-77(120)121)89(133)115-39-19-29-72(115)85(129)108-65(41-54-44-98-60-22-13-11-20-58(54)60)79(123)101-48-75(118)103-67(42-55-45-99-61-23-14-12-21-59(55)61)87(131)113(6)73(27-10-8-2)90(134)112(70)5/h11-14,20-23,30-31,33-34,44-46,51-52,62-73,98-99,116H,7-10,15-19,24-29,32,35-43,47-50,92H2,1-6H3,(H2,93,117)(H,96,102)(H,100,124)(H,101,123)(H,103,118)(H,104,119)(H,105,127)(H,106,128)(H,107,122)(H,108,129)(H,109,126)(H,110,125)(H,120,121)(H4,94,95,97)/t52-,62-,63-,64-,65-,66-,67-,68-,69-,70-,71-,72-,73-/m0/s1. The number of rotatable bonds is 28. The first kappa shape index (κ1) is 105. The molecule has 3 aromatic carbocycles. The average Bonchev–Trinajstić information content (AvgIpc) is 1.68. The normalized spacial score (nSPS) is 23.6. The van der Waals surface area contributed by atoms with Crippen LogP contribution in [0, 0.1) is 5.41 Å². The van der Waals surface area contributed by atoms with Crippen LogP contribution in [0.4, 0.5) is 0 Å². The molecule has 3 aliphatic heterocycles. The van der Waals surface area contributed by atoms with Crippen LogP contribution in [0.2, 0.25) is 0 Å². The van der Waals surface area contributed by atoms with Crippen LogP contribution in [0.15, 0.2) is 97.7 Å². The number of phenols is 1. The van der Waals surface area contributed by atoms with E-state index in [9.17, 15) is 58.2 Å². The highest BCUT2D eigenvalue weighted by Crippen LogP contribution is 2.28. The van der Waals surface area contributed by atoms with Crippen LogP contribution in [-0.2, 0) is 107 Å². The van der Waals surface area contributed by atoms with Crippen LogP contribution in [0.1, 0.15) is 152 Å². The lowest BCUT2D eigenvalue weighted by molar-refractivity contribution is -0.149. The maximum Gasteiger partial charge on any atom is 0.305 e. The van der Waals surface area contributed by atoms with Crippen LogP contribution in [-0.4, -0.2) is 312 Å². The molecule has 3 aliphatic rings. The lowest BCUT2D eigenvalue weighted by Gasteiger charge is -2.36. The van der Waals surface area contributed by atoms with Crippen molar-refractivity contribution < 1.29 is 91.7 Å². The number of carbonyl (C=O) groups excluding carboxylic acids is 16. The topological polar surface area (TPSA) is 641 Å². The van der Waals surface area contributed by atoms with Crippen molar-refractivity contribution in [2.75, 3.05) is 71.9 Å². The molecule has 0 bridgehead atoms. The van der Waals surface area contributed by atoms with E-state index in [1.165, 1.54) is 73.4 Å². The van der Waals surface area contributed by atoms with E-state index in [2.05, 4.69) is 78.4 Å². The lowest BCUT2D eigenvalue weighted by atomic mass is 10.00. The van der Waals surface area contributed by atoms with Gasteiger partial charge in [0.1, 0.15) is 84.3 Å². The van der Waals surface area contributed by atoms with Crippen LogP contribution in [0.25, 0.3) is 21.8 Å². The Labute approximate surface area is 785 Å². The third-order valence-electron chi connectivity index (χ3n) is 24.4. The first-order chi connectivity index (χ1) is 64.6. The number of imidazole rings is 1. The number of benzene rings is 3. The van der Waals surface area contributed by atoms with E-state index in [0.29, 0.717) is 76.3 Å². The molecular formula is C91H128N24O19S. The Kier molecular flexibility index (Phi) is 40.1. The molecule has 23 N–H and O–H groups in total. The van der Waals surface area contributed by atoms with E-state index in [1.807, 2.05) is 13.8 Å². The second-order valence-corrected chi connectivity index (χ2v) is 35.2. The van der Waals surface area contributed by atoms with Gasteiger partial charge in [0.25, 0.3) is 0 Å². The largest absolute Gasteiger partial charge is 0.508 e. The van der Waals surface area contributed by atoms with E-state index in [0.717, 1.165) is 21.6 Å². The number of aromatic nitrogens is 4. The molecule has 135 heavy (non-hydrogen) atoms. The monoisotopic (exact) mass is 1890 g/mol. The lowest BCUT2D eigenvalue weighted by Crippen LogP contribution is -2.60. The zero-order valence-corrected chi connectivity index (χ0v) is 77.7. The van der Waals surface area contributed by atoms with Gasteiger partial charge < -0.3 is 125 Å². The number of primary amides is 1. The SMILES string of the molecule is CCCC[C@H]1C(=O)N(C)[C@@H](CCCC)C(=O)N[C@@H](CCCNC(=N)N)C(=O)N[C@H](C(=O)NCC(N)=O)CSCC(=O)N[C@@H](Cc2ccc(O)cc2)C(=O)N(C)[C@@H](C)C(=O)N[C@@H](CCCCN)C(=O)N2CCC[C@H]2C(=O)N[C@@H](CCc2c[nH]cn2)C(=O)N[C@@H](CC(=O)O)C(=O)N2CCC[C@H]2C(=O)N[C@@H](Cc2c[nH]c3ccccc23)C(=O)NCC(=O)N[C@@H](Cc2c[nH]c3ccccc23)C(=O)N1C. The smallest absolute Gasteiger partial charge is 0.305 e. The number of amides is 16. The summed E-state index contributed by atoms with van der Waals surface area (Å²) in [6, 6.07) is 0.834. The summed E-state index contributed by atoms with van der Waals surface area (Å²) in [6.07, 6.45) is 7.14. The number of carbonyl (C=O) groups is 17. The summed E-state index contributed by atoms with van der Waals surface area (Å²) in [5.41, 5.74) is 20.3. The highest BCUT2D eigenvalue weighted by Gasteiger charge is 2.45. The predicted octanol–water partition coefficient (Wildman–Crippen LogP) is -1.19. The molecule has 6 heterocycles. The molecule has 16 amide bonds. The molecule has 0 saturated carbocycles. The first-order valence-corrected chi connectivity index (χ1v) is 46.8. The van der Waals surface area contributed by atoms with Crippen molar-refractivity contribution in [3.8, 4) is 5.75 Å². The van der Waals surface area contributed by atoms with Crippen LogP contribution < -0.4 is 75.7 Å². The second-order valence-electron chi connectivity index (χ2n) is 34.2. The number of nitrogens with two attached hydrogens (primary N) is 3. The summed E-state index contributed by atoms with van der Waals surface area (Å²) in [6.45, 7) is 3.60. The van der Waals surface area contributed by atoms with E-state index >= 15 is 33.6 Å². The maximum absolute atomic E-state index is 15.6. The first-order valence-electron chi connectivity index (χ1n) is 45.7. The number of hydrogen-bond acceptors (Lipinski definition) is 22. The van der Waals surface area contributed by atoms with Gasteiger partial charge in [-0.2, -0.15) is 0 Å². The van der Waals surface area contributed by atoms with E-state index in [-0.39, 0.29) is 128 Å². The van der Waals surface area contributed by atoms with Gasteiger partial charge in [-0.25, -0.2) is 4.98 Å². The summed E-state index contributed by atoms with van der Waals surface area (Å²) < 4.78 is 0. The van der Waals surface area contributed by atoms with Crippen molar-refractivity contribution in [2.24, 2.45) is 17.2 Å². The molecular weight excluding hydrogens is 1770 g/mol. The van der Waals surface area contributed by atoms with E-state index in [4.69, 9.17) is 22.6 Å². The molecule has 6 aromatic rings. The van der Waals surface area contributed by atoms with Crippen molar-refractivity contribution in [1.82, 2.24) is 103 Å². The molecule has 0 spiro atoms. The van der Waals surface area contributed by atoms with Gasteiger partial charge in [-0.1, -0.05) is 88.1 Å². The number of unbranched alkanes of at least 4 members (excludes halogenated alkanes) is 3. The van der Waals surface area contributed by atoms with Crippen LogP contribution >= 0.6 is 11.8 Å². The molecule has 43 nitrogen and oxygen atoms in total. The van der Waals surface area contributed by atoms with Gasteiger partial charge in [0.2, 0.25) is 94.5 Å². The Morgan fingerprint density at radius 3 is 1.66 bits per heavy atom. The Hall–Kier alpha value is -13.7. The minimum atomic E-state index is -1.89.